The first-order valence-electron chi connectivity index (χ1n) is 6.41. The van der Waals surface area contributed by atoms with Crippen LogP contribution in [0.1, 0.15) is 30.1 Å². The van der Waals surface area contributed by atoms with Crippen molar-refractivity contribution in [3.05, 3.63) is 33.6 Å². The Morgan fingerprint density at radius 3 is 2.86 bits per heavy atom. The van der Waals surface area contributed by atoms with E-state index in [9.17, 15) is 19.3 Å². The SMILES string of the molecule is CC1(CNc2cc(C(=O)O)c([N+](=O)[O-])cc2F)CCCO1. The lowest BCUT2D eigenvalue weighted by Gasteiger charge is -2.24. The molecule has 1 saturated heterocycles. The monoisotopic (exact) mass is 298 g/mol. The van der Waals surface area contributed by atoms with Gasteiger partial charge in [0.2, 0.25) is 0 Å². The second-order valence-electron chi connectivity index (χ2n) is 5.17. The summed E-state index contributed by atoms with van der Waals surface area (Å²) in [5.74, 6) is -2.35. The minimum atomic E-state index is -1.48. The number of halogens is 1. The molecule has 0 bridgehead atoms. The normalized spacial score (nSPS) is 21.2. The second kappa shape index (κ2) is 5.65. The van der Waals surface area contributed by atoms with Gasteiger partial charge in [-0.2, -0.15) is 0 Å². The van der Waals surface area contributed by atoms with Crippen LogP contribution in [0.25, 0.3) is 0 Å². The lowest BCUT2D eigenvalue weighted by Crippen LogP contribution is -2.32. The van der Waals surface area contributed by atoms with E-state index in [0.29, 0.717) is 19.2 Å². The topological polar surface area (TPSA) is 102 Å². The van der Waals surface area contributed by atoms with E-state index in [-0.39, 0.29) is 5.69 Å². The number of nitrogens with one attached hydrogen (secondary N) is 1. The van der Waals surface area contributed by atoms with Gasteiger partial charge in [-0.1, -0.05) is 0 Å². The van der Waals surface area contributed by atoms with Crippen LogP contribution in [0, 0.1) is 15.9 Å². The van der Waals surface area contributed by atoms with Crippen molar-refractivity contribution in [2.45, 2.75) is 25.4 Å². The second-order valence-corrected chi connectivity index (χ2v) is 5.17. The molecule has 21 heavy (non-hydrogen) atoms. The average Bonchev–Trinajstić information content (AvgIpc) is 2.84. The van der Waals surface area contributed by atoms with E-state index in [2.05, 4.69) is 5.32 Å². The number of benzene rings is 1. The largest absolute Gasteiger partial charge is 0.477 e. The summed E-state index contributed by atoms with van der Waals surface area (Å²) in [5, 5.41) is 22.5. The third-order valence-electron chi connectivity index (χ3n) is 3.47. The van der Waals surface area contributed by atoms with Gasteiger partial charge in [0.15, 0.2) is 5.82 Å². The minimum absolute atomic E-state index is 0.0882. The summed E-state index contributed by atoms with van der Waals surface area (Å²) >= 11 is 0. The van der Waals surface area contributed by atoms with E-state index < -0.39 is 33.6 Å². The molecule has 7 nitrogen and oxygen atoms in total. The van der Waals surface area contributed by atoms with E-state index >= 15 is 0 Å². The molecule has 8 heteroatoms. The predicted molar refractivity (Wildman–Crippen MR) is 72.1 cm³/mol. The molecular weight excluding hydrogens is 283 g/mol. The smallest absolute Gasteiger partial charge is 0.342 e. The Morgan fingerprint density at radius 2 is 2.33 bits per heavy atom. The van der Waals surface area contributed by atoms with Crippen molar-refractivity contribution in [2.24, 2.45) is 0 Å². The molecule has 0 radical (unpaired) electrons. The summed E-state index contributed by atoms with van der Waals surface area (Å²) < 4.78 is 19.4. The first-order chi connectivity index (χ1) is 9.82. The molecule has 0 amide bonds. The molecule has 1 fully saturated rings. The molecule has 0 saturated carbocycles. The molecule has 0 aliphatic carbocycles. The highest BCUT2D eigenvalue weighted by atomic mass is 19.1. The highest BCUT2D eigenvalue weighted by molar-refractivity contribution is 5.93. The van der Waals surface area contributed by atoms with Crippen LogP contribution in [-0.2, 0) is 4.74 Å². The summed E-state index contributed by atoms with van der Waals surface area (Å²) in [6.07, 6.45) is 1.71. The van der Waals surface area contributed by atoms with Gasteiger partial charge in [-0.05, 0) is 25.8 Å². The molecule has 1 aliphatic rings. The standard InChI is InChI=1S/C13H15FN2O5/c1-13(3-2-4-21-13)7-15-10-5-8(12(17)18)11(16(19)20)6-9(10)14/h5-6,15H,2-4,7H2,1H3,(H,17,18). The number of hydrogen-bond acceptors (Lipinski definition) is 5. The average molecular weight is 298 g/mol. The first kappa shape index (κ1) is 15.2. The van der Waals surface area contributed by atoms with Crippen molar-refractivity contribution < 1.29 is 24.0 Å². The highest BCUT2D eigenvalue weighted by Crippen LogP contribution is 2.29. The number of nitro benzene ring substituents is 1. The Morgan fingerprint density at radius 1 is 1.62 bits per heavy atom. The van der Waals surface area contributed by atoms with E-state index in [1.807, 2.05) is 6.92 Å². The Labute approximate surface area is 119 Å². The summed E-state index contributed by atoms with van der Waals surface area (Å²) in [5.41, 5.74) is -1.86. The molecule has 1 unspecified atom stereocenters. The summed E-state index contributed by atoms with van der Waals surface area (Å²) in [4.78, 5) is 20.9. The molecule has 2 rings (SSSR count). The Kier molecular flexibility index (Phi) is 4.08. The molecule has 1 aliphatic heterocycles. The maximum Gasteiger partial charge on any atom is 0.342 e. The van der Waals surface area contributed by atoms with Crippen molar-refractivity contribution in [1.29, 1.82) is 0 Å². The zero-order chi connectivity index (χ0) is 15.6. The number of ether oxygens (including phenoxy) is 1. The zero-order valence-electron chi connectivity index (χ0n) is 11.4. The fraction of sp³-hybridized carbons (Fsp3) is 0.462. The van der Waals surface area contributed by atoms with E-state index in [1.165, 1.54) is 0 Å². The third-order valence-corrected chi connectivity index (χ3v) is 3.47. The molecule has 1 aromatic rings. The number of carboxylic acid groups (broad SMARTS) is 1. The maximum atomic E-state index is 13.9. The summed E-state index contributed by atoms with van der Waals surface area (Å²) in [7, 11) is 0. The van der Waals surface area contributed by atoms with Crippen LogP contribution in [0.15, 0.2) is 12.1 Å². The first-order valence-corrected chi connectivity index (χ1v) is 6.41. The number of hydrogen-bond donors (Lipinski definition) is 2. The van der Waals surface area contributed by atoms with Crippen LogP contribution in [-0.4, -0.2) is 34.8 Å². The zero-order valence-corrected chi connectivity index (χ0v) is 11.4. The van der Waals surface area contributed by atoms with Gasteiger partial charge in [0, 0.05) is 13.2 Å². The van der Waals surface area contributed by atoms with Gasteiger partial charge in [-0.3, -0.25) is 10.1 Å². The van der Waals surface area contributed by atoms with E-state index in [4.69, 9.17) is 9.84 Å². The van der Waals surface area contributed by atoms with Gasteiger partial charge in [0.05, 0.1) is 22.3 Å². The number of nitro groups is 1. The maximum absolute atomic E-state index is 13.9. The Balaban J connectivity index is 2.25. The molecule has 1 heterocycles. The molecule has 1 aromatic carbocycles. The molecule has 2 N–H and O–H groups in total. The number of nitrogens with zero attached hydrogens (tertiary/aromatic N) is 1. The number of carboxylic acids is 1. The Bertz CT molecular complexity index is 584. The van der Waals surface area contributed by atoms with Crippen LogP contribution in [0.5, 0.6) is 0 Å². The van der Waals surface area contributed by atoms with Gasteiger partial charge in [0.1, 0.15) is 5.56 Å². The Hall–Kier alpha value is -2.22. The lowest BCUT2D eigenvalue weighted by atomic mass is 10.0. The van der Waals surface area contributed by atoms with Crippen molar-refractivity contribution in [2.75, 3.05) is 18.5 Å². The number of carbonyl (C=O) groups is 1. The number of aromatic carboxylic acids is 1. The van der Waals surface area contributed by atoms with E-state index in [1.54, 1.807) is 0 Å². The predicted octanol–water partition coefficient (Wildman–Crippen LogP) is 2.41. The van der Waals surface area contributed by atoms with Gasteiger partial charge in [-0.15, -0.1) is 0 Å². The van der Waals surface area contributed by atoms with Crippen LogP contribution in [0.4, 0.5) is 15.8 Å². The van der Waals surface area contributed by atoms with Crippen LogP contribution < -0.4 is 5.32 Å². The van der Waals surface area contributed by atoms with Crippen LogP contribution >= 0.6 is 0 Å². The van der Waals surface area contributed by atoms with Crippen molar-refractivity contribution in [3.63, 3.8) is 0 Å². The molecule has 1 atom stereocenters. The molecule has 114 valence electrons. The number of anilines is 1. The van der Waals surface area contributed by atoms with E-state index in [0.717, 1.165) is 18.9 Å². The molecule has 0 spiro atoms. The van der Waals surface area contributed by atoms with Gasteiger partial charge < -0.3 is 15.2 Å². The van der Waals surface area contributed by atoms with Crippen molar-refractivity contribution in [1.82, 2.24) is 0 Å². The lowest BCUT2D eigenvalue weighted by molar-refractivity contribution is -0.385. The minimum Gasteiger partial charge on any atom is -0.477 e. The van der Waals surface area contributed by atoms with Gasteiger partial charge >= 0.3 is 5.97 Å². The number of rotatable bonds is 5. The summed E-state index contributed by atoms with van der Waals surface area (Å²) in [6.45, 7) is 2.79. The fourth-order valence-corrected chi connectivity index (χ4v) is 2.28. The van der Waals surface area contributed by atoms with Crippen molar-refractivity contribution in [3.8, 4) is 0 Å². The fourth-order valence-electron chi connectivity index (χ4n) is 2.28. The van der Waals surface area contributed by atoms with Crippen LogP contribution in [0.2, 0.25) is 0 Å². The summed E-state index contributed by atoms with van der Waals surface area (Å²) in [6, 6.07) is 1.55. The highest BCUT2D eigenvalue weighted by Gasteiger charge is 2.30. The van der Waals surface area contributed by atoms with Gasteiger partial charge in [0.25, 0.3) is 5.69 Å². The van der Waals surface area contributed by atoms with Crippen molar-refractivity contribution >= 4 is 17.3 Å². The van der Waals surface area contributed by atoms with Gasteiger partial charge in [-0.25, -0.2) is 9.18 Å². The third kappa shape index (κ3) is 3.27. The quantitative estimate of drug-likeness (QED) is 0.639. The van der Waals surface area contributed by atoms with Crippen LogP contribution in [0.3, 0.4) is 0 Å². The molecule has 0 aromatic heterocycles. The molecular formula is C13H15FN2O5.